The molecule has 0 N–H and O–H groups in total. The highest BCUT2D eigenvalue weighted by molar-refractivity contribution is 5.93. The Kier molecular flexibility index (Phi) is 2.70. The van der Waals surface area contributed by atoms with E-state index in [9.17, 15) is 14.9 Å². The Balaban J connectivity index is 2.33. The second kappa shape index (κ2) is 4.17. The quantitative estimate of drug-likeness (QED) is 0.459. The largest absolute Gasteiger partial charge is 0.294 e. The Morgan fingerprint density at radius 1 is 1.35 bits per heavy atom. The van der Waals surface area contributed by atoms with E-state index in [2.05, 4.69) is 5.10 Å². The van der Waals surface area contributed by atoms with E-state index in [4.69, 9.17) is 0 Å². The number of nitrogens with zero attached hydrogens (tertiary/aromatic N) is 3. The molecule has 0 saturated carbocycles. The number of nitro benzene ring substituents is 1. The molecule has 0 saturated heterocycles. The van der Waals surface area contributed by atoms with Crippen molar-refractivity contribution in [2.45, 2.75) is 6.92 Å². The maximum Gasteiger partial charge on any atom is 0.269 e. The average Bonchev–Trinajstić information content (AvgIpc) is 2.78. The summed E-state index contributed by atoms with van der Waals surface area (Å²) >= 11 is 0. The van der Waals surface area contributed by atoms with Crippen LogP contribution in [0.15, 0.2) is 36.7 Å². The Labute approximate surface area is 96.6 Å². The summed E-state index contributed by atoms with van der Waals surface area (Å²) in [5.74, 6) is -0.0711. The first-order chi connectivity index (χ1) is 8.08. The SMILES string of the molecule is CC(=O)c1cnn(-c2ccc([N+](=O)[O-])cc2)c1. The molecule has 0 bridgehead atoms. The molecule has 0 atom stereocenters. The van der Waals surface area contributed by atoms with Crippen LogP contribution in [0.25, 0.3) is 5.69 Å². The number of non-ortho nitro benzene ring substituents is 1. The third-order valence-electron chi connectivity index (χ3n) is 2.31. The Morgan fingerprint density at radius 2 is 2.00 bits per heavy atom. The minimum Gasteiger partial charge on any atom is -0.294 e. The molecule has 17 heavy (non-hydrogen) atoms. The van der Waals surface area contributed by atoms with Crippen molar-refractivity contribution in [2.75, 3.05) is 0 Å². The van der Waals surface area contributed by atoms with Gasteiger partial charge in [-0.25, -0.2) is 4.68 Å². The summed E-state index contributed by atoms with van der Waals surface area (Å²) in [6.07, 6.45) is 3.05. The molecule has 0 aliphatic rings. The first kappa shape index (κ1) is 11.0. The van der Waals surface area contributed by atoms with Crippen LogP contribution in [-0.2, 0) is 0 Å². The summed E-state index contributed by atoms with van der Waals surface area (Å²) in [4.78, 5) is 21.1. The van der Waals surface area contributed by atoms with Gasteiger partial charge in [-0.2, -0.15) is 5.10 Å². The number of hydrogen-bond donors (Lipinski definition) is 0. The highest BCUT2D eigenvalue weighted by atomic mass is 16.6. The number of benzene rings is 1. The van der Waals surface area contributed by atoms with Crippen LogP contribution in [0.2, 0.25) is 0 Å². The standard InChI is InChI=1S/C11H9N3O3/c1-8(15)9-6-12-13(7-9)10-2-4-11(5-3-10)14(16)17/h2-7H,1H3. The van der Waals surface area contributed by atoms with Gasteiger partial charge in [0.1, 0.15) is 0 Å². The van der Waals surface area contributed by atoms with Crippen molar-refractivity contribution in [3.05, 3.63) is 52.3 Å². The molecule has 0 unspecified atom stereocenters. The fourth-order valence-electron chi connectivity index (χ4n) is 1.37. The third-order valence-corrected chi connectivity index (χ3v) is 2.31. The van der Waals surface area contributed by atoms with Gasteiger partial charge >= 0.3 is 0 Å². The van der Waals surface area contributed by atoms with Crippen LogP contribution < -0.4 is 0 Å². The van der Waals surface area contributed by atoms with Crippen molar-refractivity contribution in [1.82, 2.24) is 9.78 Å². The number of rotatable bonds is 3. The van der Waals surface area contributed by atoms with Crippen LogP contribution in [-0.4, -0.2) is 20.5 Å². The number of carbonyl (C=O) groups is 1. The summed E-state index contributed by atoms with van der Waals surface area (Å²) in [6.45, 7) is 1.46. The van der Waals surface area contributed by atoms with Crippen LogP contribution in [0.4, 0.5) is 5.69 Å². The van der Waals surface area contributed by atoms with E-state index < -0.39 is 4.92 Å². The lowest BCUT2D eigenvalue weighted by atomic mass is 10.2. The van der Waals surface area contributed by atoms with Gasteiger partial charge in [0.15, 0.2) is 5.78 Å². The number of ketones is 1. The van der Waals surface area contributed by atoms with Crippen molar-refractivity contribution in [3.63, 3.8) is 0 Å². The zero-order chi connectivity index (χ0) is 12.4. The molecule has 0 aliphatic carbocycles. The van der Waals surface area contributed by atoms with Gasteiger partial charge in [0.05, 0.1) is 22.4 Å². The maximum absolute atomic E-state index is 11.1. The predicted octanol–water partition coefficient (Wildman–Crippen LogP) is 1.98. The lowest BCUT2D eigenvalue weighted by Crippen LogP contribution is -1.95. The van der Waals surface area contributed by atoms with Gasteiger partial charge in [-0.1, -0.05) is 0 Å². The van der Waals surface area contributed by atoms with Crippen molar-refractivity contribution in [1.29, 1.82) is 0 Å². The molecule has 6 heteroatoms. The molecule has 2 aromatic rings. The molecule has 86 valence electrons. The molecule has 1 aromatic carbocycles. The van der Waals surface area contributed by atoms with Gasteiger partial charge < -0.3 is 0 Å². The van der Waals surface area contributed by atoms with Gasteiger partial charge in [0.2, 0.25) is 0 Å². The Morgan fingerprint density at radius 3 is 2.47 bits per heavy atom. The van der Waals surface area contributed by atoms with Gasteiger partial charge in [-0.3, -0.25) is 14.9 Å². The van der Waals surface area contributed by atoms with Crippen molar-refractivity contribution in [2.24, 2.45) is 0 Å². The third kappa shape index (κ3) is 2.20. The highest BCUT2D eigenvalue weighted by Crippen LogP contribution is 2.15. The number of nitro groups is 1. The summed E-state index contributed by atoms with van der Waals surface area (Å²) in [5.41, 5.74) is 1.19. The normalized spacial score (nSPS) is 10.2. The molecular weight excluding hydrogens is 222 g/mol. The van der Waals surface area contributed by atoms with E-state index in [-0.39, 0.29) is 11.5 Å². The summed E-state index contributed by atoms with van der Waals surface area (Å²) < 4.78 is 1.50. The second-order valence-electron chi connectivity index (χ2n) is 3.50. The first-order valence-corrected chi connectivity index (χ1v) is 4.88. The van der Waals surface area contributed by atoms with Crippen molar-refractivity contribution in [3.8, 4) is 5.69 Å². The zero-order valence-corrected chi connectivity index (χ0v) is 9.03. The molecule has 0 fully saturated rings. The fourth-order valence-corrected chi connectivity index (χ4v) is 1.37. The number of carbonyl (C=O) groups excluding carboxylic acids is 1. The Bertz CT molecular complexity index is 572. The first-order valence-electron chi connectivity index (χ1n) is 4.88. The van der Waals surface area contributed by atoms with Gasteiger partial charge in [0, 0.05) is 18.3 Å². The van der Waals surface area contributed by atoms with Crippen LogP contribution >= 0.6 is 0 Å². The van der Waals surface area contributed by atoms with Crippen LogP contribution in [0, 0.1) is 10.1 Å². The van der Waals surface area contributed by atoms with Gasteiger partial charge in [-0.05, 0) is 19.1 Å². The van der Waals surface area contributed by atoms with Crippen LogP contribution in [0.1, 0.15) is 17.3 Å². The van der Waals surface area contributed by atoms with E-state index in [0.717, 1.165) is 0 Å². The molecule has 0 radical (unpaired) electrons. The van der Waals surface area contributed by atoms with Gasteiger partial charge in [-0.15, -0.1) is 0 Å². The van der Waals surface area contributed by atoms with E-state index >= 15 is 0 Å². The lowest BCUT2D eigenvalue weighted by molar-refractivity contribution is -0.384. The van der Waals surface area contributed by atoms with E-state index in [1.165, 1.54) is 29.9 Å². The minimum absolute atomic E-state index is 0.0210. The smallest absolute Gasteiger partial charge is 0.269 e. The minimum atomic E-state index is -0.464. The zero-order valence-electron chi connectivity index (χ0n) is 9.03. The molecule has 0 amide bonds. The van der Waals surface area contributed by atoms with E-state index in [1.54, 1.807) is 18.3 Å². The number of hydrogen-bond acceptors (Lipinski definition) is 4. The summed E-state index contributed by atoms with van der Waals surface area (Å²) in [7, 11) is 0. The monoisotopic (exact) mass is 231 g/mol. The summed E-state index contributed by atoms with van der Waals surface area (Å²) in [6, 6.07) is 5.94. The molecule has 6 nitrogen and oxygen atoms in total. The maximum atomic E-state index is 11.1. The average molecular weight is 231 g/mol. The predicted molar refractivity (Wildman–Crippen MR) is 60.2 cm³/mol. The lowest BCUT2D eigenvalue weighted by Gasteiger charge is -1.99. The topological polar surface area (TPSA) is 78.0 Å². The number of Topliss-reactive ketones (excluding diaryl/α,β-unsaturated/α-hetero) is 1. The molecule has 1 aromatic heterocycles. The summed E-state index contributed by atoms with van der Waals surface area (Å²) in [5, 5.41) is 14.5. The second-order valence-corrected chi connectivity index (χ2v) is 3.50. The van der Waals surface area contributed by atoms with Crippen molar-refractivity contribution >= 4 is 11.5 Å². The highest BCUT2D eigenvalue weighted by Gasteiger charge is 2.07. The van der Waals surface area contributed by atoms with Crippen molar-refractivity contribution < 1.29 is 9.72 Å². The van der Waals surface area contributed by atoms with Crippen LogP contribution in [0.5, 0.6) is 0 Å². The van der Waals surface area contributed by atoms with E-state index in [0.29, 0.717) is 11.3 Å². The fraction of sp³-hybridized carbons (Fsp3) is 0.0909. The Hall–Kier alpha value is -2.50. The van der Waals surface area contributed by atoms with Gasteiger partial charge in [0.25, 0.3) is 5.69 Å². The van der Waals surface area contributed by atoms with E-state index in [1.807, 2.05) is 0 Å². The molecule has 0 aliphatic heterocycles. The molecule has 1 heterocycles. The molecule has 0 spiro atoms. The number of aromatic nitrogens is 2. The molecule has 2 rings (SSSR count). The molecular formula is C11H9N3O3. The van der Waals surface area contributed by atoms with Crippen LogP contribution in [0.3, 0.4) is 0 Å².